The molecular weight excluding hydrogens is 172 g/mol. The second-order valence-electron chi connectivity index (χ2n) is 2.82. The molecule has 0 bridgehead atoms. The molecule has 0 aromatic carbocycles. The third-order valence-electron chi connectivity index (χ3n) is 1.94. The zero-order valence-electron chi connectivity index (χ0n) is 7.66. The number of aromatic carboxylic acids is 1. The number of carboxylic acid groups (broad SMARTS) is 1. The van der Waals surface area contributed by atoms with Gasteiger partial charge in [0.05, 0.1) is 5.69 Å². The summed E-state index contributed by atoms with van der Waals surface area (Å²) < 4.78 is 1.03. The monoisotopic (exact) mass is 182 g/mol. The first-order valence-corrected chi connectivity index (χ1v) is 3.73. The maximum absolute atomic E-state index is 11.3. The van der Waals surface area contributed by atoms with Crippen molar-refractivity contribution in [3.63, 3.8) is 0 Å². The molecule has 70 valence electrons. The highest BCUT2D eigenvalue weighted by molar-refractivity contribution is 5.88. The van der Waals surface area contributed by atoms with E-state index in [9.17, 15) is 9.59 Å². The normalized spacial score (nSPS) is 10.1. The molecule has 5 nitrogen and oxygen atoms in total. The molecule has 13 heavy (non-hydrogen) atoms. The van der Waals surface area contributed by atoms with Crippen LogP contribution < -0.4 is 5.56 Å². The molecule has 0 radical (unpaired) electrons. The summed E-state index contributed by atoms with van der Waals surface area (Å²) in [6.45, 7) is 3.24. The van der Waals surface area contributed by atoms with E-state index in [1.165, 1.54) is 7.05 Å². The number of nitrogens with zero attached hydrogens (tertiary/aromatic N) is 2. The molecule has 0 spiro atoms. The van der Waals surface area contributed by atoms with Crippen LogP contribution in [0.2, 0.25) is 0 Å². The first kappa shape index (κ1) is 9.44. The van der Waals surface area contributed by atoms with Crippen molar-refractivity contribution in [3.05, 3.63) is 27.2 Å². The molecule has 0 amide bonds. The molecule has 0 unspecified atom stereocenters. The number of rotatable bonds is 1. The summed E-state index contributed by atoms with van der Waals surface area (Å²) in [7, 11) is 1.43. The summed E-state index contributed by atoms with van der Waals surface area (Å²) in [6.07, 6.45) is 0. The Morgan fingerprint density at radius 2 is 2.00 bits per heavy atom. The molecule has 0 aliphatic rings. The van der Waals surface area contributed by atoms with Gasteiger partial charge < -0.3 is 5.11 Å². The molecule has 1 N–H and O–H groups in total. The molecule has 5 heteroatoms. The van der Waals surface area contributed by atoms with Crippen LogP contribution >= 0.6 is 0 Å². The molecule has 0 saturated heterocycles. The Morgan fingerprint density at radius 1 is 1.46 bits per heavy atom. The van der Waals surface area contributed by atoms with Crippen molar-refractivity contribution in [2.24, 2.45) is 7.05 Å². The van der Waals surface area contributed by atoms with Gasteiger partial charge >= 0.3 is 5.97 Å². The van der Waals surface area contributed by atoms with Crippen molar-refractivity contribution in [1.29, 1.82) is 0 Å². The molecule has 1 aromatic heterocycles. The number of carboxylic acids is 1. The average molecular weight is 182 g/mol. The Labute approximate surface area is 74.6 Å². The molecule has 0 fully saturated rings. The van der Waals surface area contributed by atoms with Gasteiger partial charge in [-0.25, -0.2) is 9.48 Å². The molecule has 1 aromatic rings. The van der Waals surface area contributed by atoms with Crippen molar-refractivity contribution in [3.8, 4) is 0 Å². The SMILES string of the molecule is Cc1nn(C)c(=O)c(C(=O)O)c1C. The molecule has 0 aliphatic carbocycles. The van der Waals surface area contributed by atoms with E-state index in [4.69, 9.17) is 5.11 Å². The lowest BCUT2D eigenvalue weighted by Crippen LogP contribution is -2.28. The van der Waals surface area contributed by atoms with Crippen LogP contribution in [0.4, 0.5) is 0 Å². The summed E-state index contributed by atoms with van der Waals surface area (Å²) in [5.74, 6) is -1.20. The highest BCUT2D eigenvalue weighted by Gasteiger charge is 2.16. The van der Waals surface area contributed by atoms with Crippen LogP contribution in [0.15, 0.2) is 4.79 Å². The van der Waals surface area contributed by atoms with E-state index in [2.05, 4.69) is 5.10 Å². The lowest BCUT2D eigenvalue weighted by atomic mass is 10.1. The third kappa shape index (κ3) is 1.44. The summed E-state index contributed by atoms with van der Waals surface area (Å²) in [5.41, 5.74) is 0.209. The summed E-state index contributed by atoms with van der Waals surface area (Å²) in [6, 6.07) is 0. The zero-order valence-corrected chi connectivity index (χ0v) is 7.66. The van der Waals surface area contributed by atoms with Crippen molar-refractivity contribution >= 4 is 5.97 Å². The maximum atomic E-state index is 11.3. The summed E-state index contributed by atoms with van der Waals surface area (Å²) in [4.78, 5) is 22.0. The third-order valence-corrected chi connectivity index (χ3v) is 1.94. The molecule has 1 rings (SSSR count). The van der Waals surface area contributed by atoms with Crippen LogP contribution in [0.5, 0.6) is 0 Å². The quantitative estimate of drug-likeness (QED) is 0.668. The Balaban J connectivity index is 3.66. The molecule has 0 atom stereocenters. The minimum Gasteiger partial charge on any atom is -0.477 e. The molecule has 0 saturated carbocycles. The minimum atomic E-state index is -1.20. The van der Waals surface area contributed by atoms with Crippen molar-refractivity contribution in [2.75, 3.05) is 0 Å². The van der Waals surface area contributed by atoms with Crippen LogP contribution in [-0.4, -0.2) is 20.9 Å². The topological polar surface area (TPSA) is 72.2 Å². The smallest absolute Gasteiger partial charge is 0.341 e. The largest absolute Gasteiger partial charge is 0.477 e. The first-order valence-electron chi connectivity index (χ1n) is 3.73. The van der Waals surface area contributed by atoms with Crippen LogP contribution in [0.25, 0.3) is 0 Å². The van der Waals surface area contributed by atoms with E-state index in [1.54, 1.807) is 13.8 Å². The van der Waals surface area contributed by atoms with Gasteiger partial charge in [0, 0.05) is 7.05 Å². The lowest BCUT2D eigenvalue weighted by Gasteiger charge is -2.05. The highest BCUT2D eigenvalue weighted by Crippen LogP contribution is 2.04. The summed E-state index contributed by atoms with van der Waals surface area (Å²) in [5, 5.41) is 12.6. The fourth-order valence-corrected chi connectivity index (χ4v) is 1.10. The Morgan fingerprint density at radius 3 is 2.46 bits per heavy atom. The van der Waals surface area contributed by atoms with Gasteiger partial charge in [0.15, 0.2) is 0 Å². The van der Waals surface area contributed by atoms with Gasteiger partial charge in [-0.3, -0.25) is 4.79 Å². The second kappa shape index (κ2) is 3.01. The van der Waals surface area contributed by atoms with Gasteiger partial charge in [0.2, 0.25) is 0 Å². The van der Waals surface area contributed by atoms with Crippen LogP contribution in [0, 0.1) is 13.8 Å². The van der Waals surface area contributed by atoms with Gasteiger partial charge in [0.25, 0.3) is 5.56 Å². The molecule has 1 heterocycles. The van der Waals surface area contributed by atoms with Crippen molar-refractivity contribution in [1.82, 2.24) is 9.78 Å². The van der Waals surface area contributed by atoms with Crippen LogP contribution in [0.1, 0.15) is 21.6 Å². The number of hydrogen-bond acceptors (Lipinski definition) is 3. The van der Waals surface area contributed by atoms with E-state index < -0.39 is 11.5 Å². The predicted octanol–water partition coefficient (Wildman–Crippen LogP) is 0.0953. The first-order chi connectivity index (χ1) is 5.95. The fraction of sp³-hybridized carbons (Fsp3) is 0.375. The minimum absolute atomic E-state index is 0.199. The molecule has 0 aliphatic heterocycles. The summed E-state index contributed by atoms with van der Waals surface area (Å²) >= 11 is 0. The second-order valence-corrected chi connectivity index (χ2v) is 2.82. The maximum Gasteiger partial charge on any atom is 0.341 e. The lowest BCUT2D eigenvalue weighted by molar-refractivity contribution is 0.0692. The van der Waals surface area contributed by atoms with Crippen molar-refractivity contribution < 1.29 is 9.90 Å². The zero-order chi connectivity index (χ0) is 10.2. The fourth-order valence-electron chi connectivity index (χ4n) is 1.10. The number of carbonyl (C=O) groups is 1. The predicted molar refractivity (Wildman–Crippen MR) is 45.9 cm³/mol. The van der Waals surface area contributed by atoms with Gasteiger partial charge in [-0.1, -0.05) is 0 Å². The van der Waals surface area contributed by atoms with E-state index in [1.807, 2.05) is 0 Å². The van der Waals surface area contributed by atoms with E-state index in [0.717, 1.165) is 4.68 Å². The molecular formula is C8H10N2O3. The number of hydrogen-bond donors (Lipinski definition) is 1. The highest BCUT2D eigenvalue weighted by atomic mass is 16.4. The van der Waals surface area contributed by atoms with E-state index in [-0.39, 0.29) is 5.56 Å². The van der Waals surface area contributed by atoms with Gasteiger partial charge in [-0.05, 0) is 19.4 Å². The van der Waals surface area contributed by atoms with Gasteiger partial charge in [-0.2, -0.15) is 5.10 Å². The standard InChI is InChI=1S/C8H10N2O3/c1-4-5(2)9-10(3)7(11)6(4)8(12)13/h1-3H3,(H,12,13). The Kier molecular flexibility index (Phi) is 2.18. The van der Waals surface area contributed by atoms with E-state index >= 15 is 0 Å². The van der Waals surface area contributed by atoms with Crippen molar-refractivity contribution in [2.45, 2.75) is 13.8 Å². The number of aryl methyl sites for hydroxylation is 2. The van der Waals surface area contributed by atoms with Gasteiger partial charge in [-0.15, -0.1) is 0 Å². The van der Waals surface area contributed by atoms with E-state index in [0.29, 0.717) is 11.3 Å². The van der Waals surface area contributed by atoms with Gasteiger partial charge in [0.1, 0.15) is 5.56 Å². The van der Waals surface area contributed by atoms with Crippen LogP contribution in [0.3, 0.4) is 0 Å². The average Bonchev–Trinajstić information content (AvgIpc) is 2.01. The number of aromatic nitrogens is 2. The van der Waals surface area contributed by atoms with Crippen LogP contribution in [-0.2, 0) is 7.05 Å². The Hall–Kier alpha value is -1.65. The Bertz CT molecular complexity index is 420.